The summed E-state index contributed by atoms with van der Waals surface area (Å²) in [5.74, 6) is -0.265. The molecule has 1 aliphatic heterocycles. The number of halogens is 2. The molecule has 0 bridgehead atoms. The Bertz CT molecular complexity index is 380. The van der Waals surface area contributed by atoms with E-state index in [0.29, 0.717) is 10.6 Å². The molecule has 1 fully saturated rings. The van der Waals surface area contributed by atoms with Crippen LogP contribution in [-0.2, 0) is 4.74 Å². The first-order valence-electron chi connectivity index (χ1n) is 6.02. The Hall–Kier alpha value is -0.640. The first kappa shape index (κ1) is 12.8. The van der Waals surface area contributed by atoms with Gasteiger partial charge < -0.3 is 10.1 Å². The van der Waals surface area contributed by atoms with Gasteiger partial charge in [-0.1, -0.05) is 24.6 Å². The van der Waals surface area contributed by atoms with Crippen molar-refractivity contribution in [3.8, 4) is 0 Å². The van der Waals surface area contributed by atoms with Crippen LogP contribution in [0.5, 0.6) is 0 Å². The average Bonchev–Trinajstić information content (AvgIpc) is 2.80. The summed E-state index contributed by atoms with van der Waals surface area (Å²) >= 11 is 5.77. The van der Waals surface area contributed by atoms with E-state index < -0.39 is 0 Å². The van der Waals surface area contributed by atoms with Gasteiger partial charge in [-0.25, -0.2) is 4.39 Å². The molecular weight excluding hydrogens is 241 g/mol. The van der Waals surface area contributed by atoms with E-state index in [1.807, 2.05) is 6.92 Å². The van der Waals surface area contributed by atoms with E-state index >= 15 is 0 Å². The Balaban J connectivity index is 2.24. The van der Waals surface area contributed by atoms with Gasteiger partial charge in [-0.2, -0.15) is 0 Å². The van der Waals surface area contributed by atoms with Crippen molar-refractivity contribution >= 4 is 11.6 Å². The van der Waals surface area contributed by atoms with Crippen LogP contribution in [0.3, 0.4) is 0 Å². The highest BCUT2D eigenvalue weighted by Gasteiger charge is 2.28. The molecule has 0 aromatic heterocycles. The van der Waals surface area contributed by atoms with Crippen LogP contribution in [-0.4, -0.2) is 19.3 Å². The van der Waals surface area contributed by atoms with E-state index in [0.717, 1.165) is 26.0 Å². The Morgan fingerprint density at radius 2 is 2.41 bits per heavy atom. The van der Waals surface area contributed by atoms with E-state index in [-0.39, 0.29) is 18.0 Å². The molecule has 0 spiro atoms. The van der Waals surface area contributed by atoms with Gasteiger partial charge in [0.05, 0.1) is 12.1 Å². The molecule has 1 N–H and O–H groups in total. The molecule has 1 aromatic rings. The summed E-state index contributed by atoms with van der Waals surface area (Å²) in [4.78, 5) is 0. The summed E-state index contributed by atoms with van der Waals surface area (Å²) in [5.41, 5.74) is 0.642. The minimum absolute atomic E-state index is 0.0608. The normalized spacial score (nSPS) is 21.7. The number of nitrogens with one attached hydrogen (secondary N) is 1. The number of likely N-dealkylation sites (N-methyl/N-ethyl adjacent to an activating group) is 1. The fourth-order valence-electron chi connectivity index (χ4n) is 2.28. The largest absolute Gasteiger partial charge is 0.376 e. The lowest BCUT2D eigenvalue weighted by atomic mass is 9.99. The molecule has 1 aliphatic rings. The number of hydrogen-bond donors (Lipinski definition) is 1. The molecule has 2 rings (SSSR count). The van der Waals surface area contributed by atoms with Crippen LogP contribution in [0.1, 0.15) is 31.4 Å². The average molecular weight is 258 g/mol. The maximum Gasteiger partial charge on any atom is 0.129 e. The maximum absolute atomic E-state index is 13.9. The second-order valence-corrected chi connectivity index (χ2v) is 4.69. The van der Waals surface area contributed by atoms with E-state index in [1.165, 1.54) is 6.07 Å². The summed E-state index contributed by atoms with van der Waals surface area (Å²) in [6.45, 7) is 3.56. The highest BCUT2D eigenvalue weighted by molar-refractivity contribution is 6.30. The van der Waals surface area contributed by atoms with Crippen LogP contribution in [0.2, 0.25) is 5.02 Å². The molecule has 4 heteroatoms. The van der Waals surface area contributed by atoms with Gasteiger partial charge >= 0.3 is 0 Å². The molecule has 1 saturated heterocycles. The Kier molecular flexibility index (Phi) is 4.37. The van der Waals surface area contributed by atoms with Crippen LogP contribution in [0.15, 0.2) is 18.2 Å². The fourth-order valence-corrected chi connectivity index (χ4v) is 2.44. The minimum atomic E-state index is -0.265. The van der Waals surface area contributed by atoms with Crippen molar-refractivity contribution in [3.05, 3.63) is 34.6 Å². The summed E-state index contributed by atoms with van der Waals surface area (Å²) in [6, 6.07) is 4.74. The van der Waals surface area contributed by atoms with Crippen LogP contribution < -0.4 is 5.32 Å². The number of benzene rings is 1. The molecule has 0 radical (unpaired) electrons. The van der Waals surface area contributed by atoms with Gasteiger partial charge in [-0.05, 0) is 31.5 Å². The standard InChI is InChI=1S/C13H17ClFNO/c1-2-16-13(12-4-3-7-17-12)10-6-5-9(14)8-11(10)15/h5-6,8,12-13,16H,2-4,7H2,1H3. The van der Waals surface area contributed by atoms with Gasteiger partial charge in [-0.15, -0.1) is 0 Å². The molecule has 2 atom stereocenters. The number of hydrogen-bond acceptors (Lipinski definition) is 2. The molecule has 0 aliphatic carbocycles. The van der Waals surface area contributed by atoms with Crippen molar-refractivity contribution in [1.29, 1.82) is 0 Å². The lowest BCUT2D eigenvalue weighted by molar-refractivity contribution is 0.0777. The van der Waals surface area contributed by atoms with Crippen molar-refractivity contribution in [2.75, 3.05) is 13.2 Å². The zero-order chi connectivity index (χ0) is 12.3. The summed E-state index contributed by atoms with van der Waals surface area (Å²) in [6.07, 6.45) is 2.08. The van der Waals surface area contributed by atoms with E-state index in [1.54, 1.807) is 12.1 Å². The Morgan fingerprint density at radius 3 is 3.00 bits per heavy atom. The molecule has 1 heterocycles. The first-order chi connectivity index (χ1) is 8.22. The predicted octanol–water partition coefficient (Wildman–Crippen LogP) is 3.31. The monoisotopic (exact) mass is 257 g/mol. The zero-order valence-electron chi connectivity index (χ0n) is 9.88. The van der Waals surface area contributed by atoms with Crippen molar-refractivity contribution in [2.45, 2.75) is 31.9 Å². The van der Waals surface area contributed by atoms with Gasteiger partial charge in [0.2, 0.25) is 0 Å². The third kappa shape index (κ3) is 2.97. The molecule has 0 amide bonds. The van der Waals surface area contributed by atoms with Gasteiger partial charge in [0.25, 0.3) is 0 Å². The lowest BCUT2D eigenvalue weighted by Crippen LogP contribution is -2.32. The van der Waals surface area contributed by atoms with Crippen molar-refractivity contribution in [2.24, 2.45) is 0 Å². The van der Waals surface area contributed by atoms with Crippen LogP contribution in [0, 0.1) is 5.82 Å². The summed E-state index contributed by atoms with van der Waals surface area (Å²) in [5, 5.41) is 3.72. The zero-order valence-corrected chi connectivity index (χ0v) is 10.6. The Morgan fingerprint density at radius 1 is 1.59 bits per heavy atom. The second kappa shape index (κ2) is 5.80. The highest BCUT2D eigenvalue weighted by Crippen LogP contribution is 2.29. The third-order valence-electron chi connectivity index (χ3n) is 3.06. The molecule has 94 valence electrons. The number of ether oxygens (including phenoxy) is 1. The quantitative estimate of drug-likeness (QED) is 0.894. The van der Waals surface area contributed by atoms with Crippen molar-refractivity contribution < 1.29 is 9.13 Å². The van der Waals surface area contributed by atoms with Gasteiger partial charge in [0, 0.05) is 17.2 Å². The van der Waals surface area contributed by atoms with Gasteiger partial charge in [0.15, 0.2) is 0 Å². The fraction of sp³-hybridized carbons (Fsp3) is 0.538. The van der Waals surface area contributed by atoms with Crippen LogP contribution in [0.25, 0.3) is 0 Å². The van der Waals surface area contributed by atoms with Gasteiger partial charge in [0.1, 0.15) is 5.82 Å². The lowest BCUT2D eigenvalue weighted by Gasteiger charge is -2.24. The molecule has 1 aromatic carbocycles. The summed E-state index contributed by atoms with van der Waals surface area (Å²) in [7, 11) is 0. The van der Waals surface area contributed by atoms with Gasteiger partial charge in [-0.3, -0.25) is 0 Å². The molecule has 2 unspecified atom stereocenters. The predicted molar refractivity (Wildman–Crippen MR) is 66.8 cm³/mol. The van der Waals surface area contributed by atoms with E-state index in [9.17, 15) is 4.39 Å². The smallest absolute Gasteiger partial charge is 0.129 e. The Labute approximate surface area is 106 Å². The van der Waals surface area contributed by atoms with E-state index in [4.69, 9.17) is 16.3 Å². The molecule has 0 saturated carbocycles. The molecule has 2 nitrogen and oxygen atoms in total. The first-order valence-corrected chi connectivity index (χ1v) is 6.40. The number of rotatable bonds is 4. The molecular formula is C13H17ClFNO. The SMILES string of the molecule is CCNC(c1ccc(Cl)cc1F)C1CCCO1. The minimum Gasteiger partial charge on any atom is -0.376 e. The topological polar surface area (TPSA) is 21.3 Å². The second-order valence-electron chi connectivity index (χ2n) is 4.25. The molecule has 17 heavy (non-hydrogen) atoms. The van der Waals surface area contributed by atoms with Crippen molar-refractivity contribution in [3.63, 3.8) is 0 Å². The summed E-state index contributed by atoms with van der Waals surface area (Å²) < 4.78 is 19.5. The third-order valence-corrected chi connectivity index (χ3v) is 3.29. The van der Waals surface area contributed by atoms with E-state index in [2.05, 4.69) is 5.32 Å². The maximum atomic E-state index is 13.9. The highest BCUT2D eigenvalue weighted by atomic mass is 35.5. The van der Waals surface area contributed by atoms with Crippen LogP contribution in [0.4, 0.5) is 4.39 Å². The van der Waals surface area contributed by atoms with Crippen molar-refractivity contribution in [1.82, 2.24) is 5.32 Å². The van der Waals surface area contributed by atoms with Crippen LogP contribution >= 0.6 is 11.6 Å².